The normalized spacial score (nSPS) is 15.9. The molecule has 26 heavy (non-hydrogen) atoms. The van der Waals surface area contributed by atoms with E-state index in [1.54, 1.807) is 22.5 Å². The number of anilines is 2. The maximum absolute atomic E-state index is 12.8. The summed E-state index contributed by atoms with van der Waals surface area (Å²) in [5.41, 5.74) is 1.84. The Balaban J connectivity index is 1.75. The fourth-order valence-corrected chi connectivity index (χ4v) is 4.49. The molecule has 2 aromatic rings. The second kappa shape index (κ2) is 7.20. The lowest BCUT2D eigenvalue weighted by molar-refractivity contribution is 0.382. The molecule has 0 saturated carbocycles. The number of aromatic nitrogens is 2. The largest absolute Gasteiger partial charge is 0.363 e. The summed E-state index contributed by atoms with van der Waals surface area (Å²) in [7, 11) is 0.422. The number of aryl methyl sites for hydroxylation is 2. The van der Waals surface area contributed by atoms with E-state index in [0.29, 0.717) is 37.0 Å². The summed E-state index contributed by atoms with van der Waals surface area (Å²) in [5, 5.41) is 0. The van der Waals surface area contributed by atoms with Crippen molar-refractivity contribution in [1.29, 1.82) is 0 Å². The number of nitrogens with zero attached hydrogens (tertiary/aromatic N) is 5. The second-order valence-corrected chi connectivity index (χ2v) is 8.71. The maximum Gasteiger partial charge on any atom is 0.243 e. The van der Waals surface area contributed by atoms with Gasteiger partial charge in [0.2, 0.25) is 16.0 Å². The minimum Gasteiger partial charge on any atom is -0.363 e. The molecular formula is C18H25N5O2S. The molecule has 0 bridgehead atoms. The highest BCUT2D eigenvalue weighted by molar-refractivity contribution is 7.89. The Morgan fingerprint density at radius 3 is 2.31 bits per heavy atom. The predicted molar refractivity (Wildman–Crippen MR) is 103 cm³/mol. The van der Waals surface area contributed by atoms with Crippen LogP contribution >= 0.6 is 0 Å². The minimum absolute atomic E-state index is 0.354. The number of benzene rings is 1. The van der Waals surface area contributed by atoms with Gasteiger partial charge >= 0.3 is 0 Å². The van der Waals surface area contributed by atoms with Gasteiger partial charge in [-0.05, 0) is 31.5 Å². The first kappa shape index (κ1) is 18.6. The van der Waals surface area contributed by atoms with E-state index in [4.69, 9.17) is 0 Å². The maximum atomic E-state index is 12.8. The molecule has 7 nitrogen and oxygen atoms in total. The Morgan fingerprint density at radius 2 is 1.69 bits per heavy atom. The number of rotatable bonds is 4. The lowest BCUT2D eigenvalue weighted by Gasteiger charge is -2.34. The van der Waals surface area contributed by atoms with E-state index in [1.165, 1.54) is 0 Å². The SMILES string of the molecule is Cc1cccc(S(=O)(=O)N2CCN(c3nc(C)cc(N(C)C)n3)CC2)c1. The Kier molecular flexibility index (Phi) is 5.15. The van der Waals surface area contributed by atoms with Crippen LogP contribution in [0.2, 0.25) is 0 Å². The van der Waals surface area contributed by atoms with E-state index in [1.807, 2.05) is 49.9 Å². The van der Waals surface area contributed by atoms with Gasteiger partial charge in [-0.15, -0.1) is 0 Å². The fraction of sp³-hybridized carbons (Fsp3) is 0.444. The third-order valence-corrected chi connectivity index (χ3v) is 6.33. The van der Waals surface area contributed by atoms with Crippen LogP contribution in [0.3, 0.4) is 0 Å². The fourth-order valence-electron chi connectivity index (χ4n) is 2.96. The molecule has 0 spiro atoms. The summed E-state index contributed by atoms with van der Waals surface area (Å²) in [4.78, 5) is 13.4. The molecule has 1 fully saturated rings. The topological polar surface area (TPSA) is 69.6 Å². The molecule has 0 amide bonds. The molecule has 0 aliphatic carbocycles. The third kappa shape index (κ3) is 3.81. The highest BCUT2D eigenvalue weighted by atomic mass is 32.2. The van der Waals surface area contributed by atoms with Gasteiger partial charge in [0.1, 0.15) is 5.82 Å². The zero-order valence-corrected chi connectivity index (χ0v) is 16.5. The summed E-state index contributed by atoms with van der Waals surface area (Å²) < 4.78 is 27.2. The van der Waals surface area contributed by atoms with Crippen LogP contribution in [-0.4, -0.2) is 63.0 Å². The van der Waals surface area contributed by atoms with Crippen LogP contribution in [0.15, 0.2) is 35.2 Å². The van der Waals surface area contributed by atoms with Crippen LogP contribution in [0.4, 0.5) is 11.8 Å². The molecule has 1 saturated heterocycles. The quantitative estimate of drug-likeness (QED) is 0.810. The number of hydrogen-bond donors (Lipinski definition) is 0. The first-order chi connectivity index (χ1) is 12.3. The number of piperazine rings is 1. The van der Waals surface area contributed by atoms with Gasteiger partial charge in [0, 0.05) is 52.0 Å². The highest BCUT2D eigenvalue weighted by Gasteiger charge is 2.29. The average molecular weight is 375 g/mol. The van der Waals surface area contributed by atoms with Crippen LogP contribution in [0.1, 0.15) is 11.3 Å². The van der Waals surface area contributed by atoms with Crippen LogP contribution in [-0.2, 0) is 10.0 Å². The Labute approximate surface area is 155 Å². The van der Waals surface area contributed by atoms with Crippen molar-refractivity contribution in [3.63, 3.8) is 0 Å². The summed E-state index contributed by atoms with van der Waals surface area (Å²) in [6.07, 6.45) is 0. The number of sulfonamides is 1. The van der Waals surface area contributed by atoms with Crippen molar-refractivity contribution >= 4 is 21.8 Å². The van der Waals surface area contributed by atoms with E-state index >= 15 is 0 Å². The van der Waals surface area contributed by atoms with Gasteiger partial charge in [0.05, 0.1) is 4.90 Å². The average Bonchev–Trinajstić information content (AvgIpc) is 2.61. The molecule has 1 aromatic carbocycles. The molecule has 2 heterocycles. The molecule has 1 aliphatic heterocycles. The summed E-state index contributed by atoms with van der Waals surface area (Å²) in [5.74, 6) is 1.50. The Morgan fingerprint density at radius 1 is 1.00 bits per heavy atom. The van der Waals surface area contributed by atoms with E-state index in [2.05, 4.69) is 9.97 Å². The lowest BCUT2D eigenvalue weighted by atomic mass is 10.2. The summed E-state index contributed by atoms with van der Waals surface area (Å²) in [6, 6.07) is 8.98. The predicted octanol–water partition coefficient (Wildman–Crippen LogP) is 1.67. The van der Waals surface area contributed by atoms with Crippen LogP contribution in [0.25, 0.3) is 0 Å². The van der Waals surface area contributed by atoms with Crippen LogP contribution in [0, 0.1) is 13.8 Å². The van der Waals surface area contributed by atoms with Crippen molar-refractivity contribution in [2.45, 2.75) is 18.7 Å². The second-order valence-electron chi connectivity index (χ2n) is 6.77. The molecule has 1 aromatic heterocycles. The summed E-state index contributed by atoms with van der Waals surface area (Å²) >= 11 is 0. The van der Waals surface area contributed by atoms with Gasteiger partial charge < -0.3 is 9.80 Å². The summed E-state index contributed by atoms with van der Waals surface area (Å²) in [6.45, 7) is 5.82. The first-order valence-electron chi connectivity index (χ1n) is 8.62. The highest BCUT2D eigenvalue weighted by Crippen LogP contribution is 2.21. The molecule has 0 unspecified atom stereocenters. The third-order valence-electron chi connectivity index (χ3n) is 4.44. The molecule has 0 N–H and O–H groups in total. The molecule has 8 heteroatoms. The van der Waals surface area contributed by atoms with E-state index in [0.717, 1.165) is 17.1 Å². The molecule has 0 radical (unpaired) electrons. The van der Waals surface area contributed by atoms with Crippen molar-refractivity contribution in [2.24, 2.45) is 0 Å². The van der Waals surface area contributed by atoms with Crippen molar-refractivity contribution in [3.8, 4) is 0 Å². The molecular weight excluding hydrogens is 350 g/mol. The van der Waals surface area contributed by atoms with E-state index in [9.17, 15) is 8.42 Å². The van der Waals surface area contributed by atoms with Gasteiger partial charge in [-0.2, -0.15) is 9.29 Å². The number of hydrogen-bond acceptors (Lipinski definition) is 6. The van der Waals surface area contributed by atoms with Crippen LogP contribution in [0.5, 0.6) is 0 Å². The molecule has 3 rings (SSSR count). The Bertz CT molecular complexity index is 890. The Hall–Kier alpha value is -2.19. The van der Waals surface area contributed by atoms with E-state index in [-0.39, 0.29) is 0 Å². The lowest BCUT2D eigenvalue weighted by Crippen LogP contribution is -2.49. The minimum atomic E-state index is -3.46. The van der Waals surface area contributed by atoms with Gasteiger partial charge in [0.15, 0.2) is 0 Å². The van der Waals surface area contributed by atoms with Crippen LogP contribution < -0.4 is 9.80 Å². The van der Waals surface area contributed by atoms with E-state index < -0.39 is 10.0 Å². The van der Waals surface area contributed by atoms with Gasteiger partial charge in [0.25, 0.3) is 0 Å². The smallest absolute Gasteiger partial charge is 0.243 e. The van der Waals surface area contributed by atoms with Gasteiger partial charge in [-0.1, -0.05) is 12.1 Å². The standard InChI is InChI=1S/C18H25N5O2S/c1-14-6-5-7-16(12-14)26(24,25)23-10-8-22(9-11-23)18-19-15(2)13-17(20-18)21(3)4/h5-7,12-13H,8-11H2,1-4H3. The van der Waals surface area contributed by atoms with Gasteiger partial charge in [-0.3, -0.25) is 0 Å². The zero-order chi connectivity index (χ0) is 18.9. The molecule has 0 atom stereocenters. The monoisotopic (exact) mass is 375 g/mol. The van der Waals surface area contributed by atoms with Gasteiger partial charge in [-0.25, -0.2) is 13.4 Å². The molecule has 140 valence electrons. The van der Waals surface area contributed by atoms with Crippen molar-refractivity contribution in [3.05, 3.63) is 41.6 Å². The van der Waals surface area contributed by atoms with Crippen molar-refractivity contribution < 1.29 is 8.42 Å². The van der Waals surface area contributed by atoms with Crippen molar-refractivity contribution in [2.75, 3.05) is 50.1 Å². The molecule has 1 aliphatic rings. The van der Waals surface area contributed by atoms with Crippen molar-refractivity contribution in [1.82, 2.24) is 14.3 Å². The zero-order valence-electron chi connectivity index (χ0n) is 15.7. The first-order valence-corrected chi connectivity index (χ1v) is 10.1.